The number of likely N-dealkylation sites (N-methyl/N-ethyl adjacent to an activating group) is 1. The van der Waals surface area contributed by atoms with Gasteiger partial charge in [-0.15, -0.1) is 0 Å². The Labute approximate surface area is 138 Å². The van der Waals surface area contributed by atoms with Crippen LogP contribution >= 0.6 is 0 Å². The third-order valence-electron chi connectivity index (χ3n) is 3.90. The zero-order valence-corrected chi connectivity index (χ0v) is 13.8. The van der Waals surface area contributed by atoms with Crippen molar-refractivity contribution in [3.8, 4) is 0 Å². The number of hydrogen-bond donors (Lipinski definition) is 0. The minimum absolute atomic E-state index is 0.127. The molecule has 4 nitrogen and oxygen atoms in total. The largest absolute Gasteiger partial charge is 0.416 e. The van der Waals surface area contributed by atoms with Gasteiger partial charge in [-0.3, -0.25) is 4.79 Å². The van der Waals surface area contributed by atoms with Crippen LogP contribution in [-0.4, -0.2) is 32.9 Å². The summed E-state index contributed by atoms with van der Waals surface area (Å²) in [4.78, 5) is 18.1. The molecule has 130 valence electrons. The van der Waals surface area contributed by atoms with Crippen LogP contribution in [-0.2, 0) is 19.6 Å². The van der Waals surface area contributed by atoms with Crippen molar-refractivity contribution in [2.45, 2.75) is 32.5 Å². The first-order valence-electron chi connectivity index (χ1n) is 7.68. The van der Waals surface area contributed by atoms with Crippen LogP contribution in [0, 0.1) is 0 Å². The molecule has 0 bridgehead atoms. The zero-order chi connectivity index (χ0) is 17.9. The highest BCUT2D eigenvalue weighted by atomic mass is 19.4. The molecule has 1 unspecified atom stereocenters. The smallest absolute Gasteiger partial charge is 0.340 e. The van der Waals surface area contributed by atoms with Crippen LogP contribution in [0.15, 0.2) is 36.8 Å². The molecule has 0 saturated carbocycles. The van der Waals surface area contributed by atoms with E-state index in [0.717, 1.165) is 6.07 Å². The summed E-state index contributed by atoms with van der Waals surface area (Å²) < 4.78 is 41.0. The summed E-state index contributed by atoms with van der Waals surface area (Å²) in [5.74, 6) is -0.282. The topological polar surface area (TPSA) is 38.1 Å². The third-order valence-corrected chi connectivity index (χ3v) is 3.90. The summed E-state index contributed by atoms with van der Waals surface area (Å²) in [5.41, 5.74) is -0.182. The lowest BCUT2D eigenvalue weighted by Gasteiger charge is -2.28. The molecule has 0 aliphatic heterocycles. The number of rotatable bonds is 5. The van der Waals surface area contributed by atoms with Gasteiger partial charge in [-0.25, -0.2) is 4.98 Å². The number of aromatic nitrogens is 2. The molecule has 0 spiro atoms. The van der Waals surface area contributed by atoms with Crippen molar-refractivity contribution in [3.63, 3.8) is 0 Å². The van der Waals surface area contributed by atoms with Crippen LogP contribution < -0.4 is 0 Å². The zero-order valence-electron chi connectivity index (χ0n) is 13.8. The molecule has 7 heteroatoms. The van der Waals surface area contributed by atoms with Gasteiger partial charge < -0.3 is 9.47 Å². The third kappa shape index (κ3) is 3.96. The molecular formula is C17H20F3N3O. The summed E-state index contributed by atoms with van der Waals surface area (Å²) in [6.45, 7) is 3.94. The highest BCUT2D eigenvalue weighted by Crippen LogP contribution is 2.32. The molecule has 1 amide bonds. The molecule has 1 heterocycles. The van der Waals surface area contributed by atoms with Gasteiger partial charge in [-0.1, -0.05) is 18.2 Å². The quantitative estimate of drug-likeness (QED) is 0.836. The van der Waals surface area contributed by atoms with Crippen LogP contribution in [0.1, 0.15) is 35.5 Å². The summed E-state index contributed by atoms with van der Waals surface area (Å²) in [6.07, 6.45) is -1.16. The molecule has 0 fully saturated rings. The number of amides is 1. The Morgan fingerprint density at radius 1 is 1.33 bits per heavy atom. The van der Waals surface area contributed by atoms with Crippen LogP contribution in [0.3, 0.4) is 0 Å². The van der Waals surface area contributed by atoms with Gasteiger partial charge >= 0.3 is 6.18 Å². The maximum Gasteiger partial charge on any atom is 0.416 e. The fourth-order valence-corrected chi connectivity index (χ4v) is 2.73. The normalized spacial score (nSPS) is 12.9. The van der Waals surface area contributed by atoms with E-state index in [0.29, 0.717) is 6.54 Å². The lowest BCUT2D eigenvalue weighted by atomic mass is 9.99. The first kappa shape index (κ1) is 18.0. The van der Waals surface area contributed by atoms with Crippen LogP contribution in [0.5, 0.6) is 0 Å². The molecule has 1 aromatic carbocycles. The molecule has 0 radical (unpaired) electrons. The van der Waals surface area contributed by atoms with Gasteiger partial charge in [-0.2, -0.15) is 13.2 Å². The maximum atomic E-state index is 13.1. The van der Waals surface area contributed by atoms with Crippen molar-refractivity contribution in [2.24, 2.45) is 7.05 Å². The number of hydrogen-bond acceptors (Lipinski definition) is 2. The van der Waals surface area contributed by atoms with Gasteiger partial charge in [-0.05, 0) is 31.9 Å². The Balaban J connectivity index is 2.21. The van der Waals surface area contributed by atoms with Gasteiger partial charge in [0.25, 0.3) is 5.91 Å². The molecule has 0 aliphatic carbocycles. The first-order chi connectivity index (χ1) is 11.2. The second-order valence-electron chi connectivity index (χ2n) is 5.72. The monoisotopic (exact) mass is 339 g/mol. The average molecular weight is 339 g/mol. The Morgan fingerprint density at radius 2 is 2.00 bits per heavy atom. The van der Waals surface area contributed by atoms with E-state index < -0.39 is 11.7 Å². The van der Waals surface area contributed by atoms with Crippen LogP contribution in [0.2, 0.25) is 0 Å². The maximum absolute atomic E-state index is 13.1. The number of alkyl halides is 3. The number of imidazole rings is 1. The van der Waals surface area contributed by atoms with E-state index in [9.17, 15) is 18.0 Å². The molecule has 0 saturated heterocycles. The molecular weight excluding hydrogens is 319 g/mol. The Bertz CT molecular complexity index is 709. The lowest BCUT2D eigenvalue weighted by molar-refractivity contribution is -0.138. The minimum Gasteiger partial charge on any atom is -0.340 e. The number of halogens is 3. The fourth-order valence-electron chi connectivity index (χ4n) is 2.73. The summed E-state index contributed by atoms with van der Waals surface area (Å²) in [7, 11) is 1.75. The molecule has 2 rings (SSSR count). The molecule has 0 N–H and O–H groups in total. The van der Waals surface area contributed by atoms with E-state index in [1.54, 1.807) is 37.7 Å². The molecule has 24 heavy (non-hydrogen) atoms. The SMILES string of the molecule is CCN(C(=O)c1cn(C)cn1)C(C)Cc1ccccc1C(F)(F)F. The number of carbonyl (C=O) groups excluding carboxylic acids is 1. The van der Waals surface area contributed by atoms with Gasteiger partial charge in [0.2, 0.25) is 0 Å². The van der Waals surface area contributed by atoms with Crippen LogP contribution in [0.4, 0.5) is 13.2 Å². The highest BCUT2D eigenvalue weighted by molar-refractivity contribution is 5.92. The van der Waals surface area contributed by atoms with Crippen LogP contribution in [0.25, 0.3) is 0 Å². The number of nitrogens with zero attached hydrogens (tertiary/aromatic N) is 3. The fraction of sp³-hybridized carbons (Fsp3) is 0.412. The van der Waals surface area contributed by atoms with Gasteiger partial charge in [0, 0.05) is 25.8 Å². The van der Waals surface area contributed by atoms with Gasteiger partial charge in [0.15, 0.2) is 0 Å². The first-order valence-corrected chi connectivity index (χ1v) is 7.68. The van der Waals surface area contributed by atoms with Gasteiger partial charge in [0.05, 0.1) is 11.9 Å². The molecule has 0 aliphatic rings. The number of benzene rings is 1. The number of carbonyl (C=O) groups is 1. The Kier molecular flexibility index (Phi) is 5.31. The Morgan fingerprint density at radius 3 is 2.54 bits per heavy atom. The summed E-state index contributed by atoms with van der Waals surface area (Å²) in [5, 5.41) is 0. The van der Waals surface area contributed by atoms with Crippen molar-refractivity contribution in [3.05, 3.63) is 53.6 Å². The average Bonchev–Trinajstić information content (AvgIpc) is 2.94. The highest BCUT2D eigenvalue weighted by Gasteiger charge is 2.33. The molecule has 1 atom stereocenters. The van der Waals surface area contributed by atoms with E-state index >= 15 is 0 Å². The molecule has 2 aromatic rings. The minimum atomic E-state index is -4.40. The van der Waals surface area contributed by atoms with Crippen molar-refractivity contribution in [1.29, 1.82) is 0 Å². The summed E-state index contributed by atoms with van der Waals surface area (Å²) in [6, 6.07) is 5.09. The predicted octanol–water partition coefficient (Wildman–Crippen LogP) is 3.53. The number of aryl methyl sites for hydroxylation is 1. The van der Waals surface area contributed by atoms with E-state index in [4.69, 9.17) is 0 Å². The molecule has 1 aromatic heterocycles. The Hall–Kier alpha value is -2.31. The predicted molar refractivity (Wildman–Crippen MR) is 84.5 cm³/mol. The van der Waals surface area contributed by atoms with Crippen molar-refractivity contribution < 1.29 is 18.0 Å². The summed E-state index contributed by atoms with van der Waals surface area (Å²) >= 11 is 0. The van der Waals surface area contributed by atoms with Gasteiger partial charge in [0.1, 0.15) is 5.69 Å². The van der Waals surface area contributed by atoms with E-state index in [1.165, 1.54) is 23.4 Å². The second kappa shape index (κ2) is 7.07. The van der Waals surface area contributed by atoms with E-state index in [-0.39, 0.29) is 29.6 Å². The van der Waals surface area contributed by atoms with Crippen molar-refractivity contribution in [1.82, 2.24) is 14.5 Å². The van der Waals surface area contributed by atoms with E-state index in [1.807, 2.05) is 0 Å². The van der Waals surface area contributed by atoms with Crippen molar-refractivity contribution in [2.75, 3.05) is 6.54 Å². The standard InChI is InChI=1S/C17H20F3N3O/c1-4-23(16(24)15-10-22(3)11-21-15)12(2)9-13-7-5-6-8-14(13)17(18,19)20/h5-8,10-12H,4,9H2,1-3H3. The second-order valence-corrected chi connectivity index (χ2v) is 5.72. The lowest BCUT2D eigenvalue weighted by Crippen LogP contribution is -2.40. The van der Waals surface area contributed by atoms with Crippen molar-refractivity contribution >= 4 is 5.91 Å². The van der Waals surface area contributed by atoms with E-state index in [2.05, 4.69) is 4.98 Å².